The molecule has 28 heavy (non-hydrogen) atoms. The van der Waals surface area contributed by atoms with Crippen LogP contribution in [0.5, 0.6) is 0 Å². The molecule has 5 rings (SSSR count). The Morgan fingerprint density at radius 1 is 1.11 bits per heavy atom. The number of carbonyl (C=O) groups is 2. The molecule has 3 atom stereocenters. The summed E-state index contributed by atoms with van der Waals surface area (Å²) in [5, 5.41) is 0. The number of carbonyl (C=O) groups excluding carboxylic acids is 2. The average molecular weight is 380 g/mol. The van der Waals surface area contributed by atoms with Crippen molar-refractivity contribution in [3.05, 3.63) is 42.0 Å². The summed E-state index contributed by atoms with van der Waals surface area (Å²) < 4.78 is 0. The van der Waals surface area contributed by atoms with Crippen molar-refractivity contribution in [1.29, 1.82) is 0 Å². The Kier molecular flexibility index (Phi) is 4.22. The van der Waals surface area contributed by atoms with E-state index in [9.17, 15) is 9.59 Å². The van der Waals surface area contributed by atoms with Crippen LogP contribution in [0.15, 0.2) is 36.4 Å². The highest BCUT2D eigenvalue weighted by molar-refractivity contribution is 5.95. The van der Waals surface area contributed by atoms with Crippen LogP contribution in [0.1, 0.15) is 43.0 Å². The number of nitrogens with zero attached hydrogens (tertiary/aromatic N) is 3. The second kappa shape index (κ2) is 6.64. The number of likely N-dealkylation sites (tertiary alicyclic amines) is 2. The predicted octanol–water partition coefficient (Wildman–Crippen LogP) is 2.93. The van der Waals surface area contributed by atoms with Crippen molar-refractivity contribution in [1.82, 2.24) is 9.80 Å². The maximum Gasteiger partial charge on any atom is 0.254 e. The zero-order valence-electron chi connectivity index (χ0n) is 16.6. The molecule has 3 fully saturated rings. The molecule has 148 valence electrons. The summed E-state index contributed by atoms with van der Waals surface area (Å²) in [5.74, 6) is 1.20. The van der Waals surface area contributed by atoms with Crippen LogP contribution in [0, 0.1) is 11.8 Å². The molecule has 0 radical (unpaired) electrons. The van der Waals surface area contributed by atoms with E-state index >= 15 is 0 Å². The summed E-state index contributed by atoms with van der Waals surface area (Å²) in [4.78, 5) is 32.5. The van der Waals surface area contributed by atoms with E-state index in [1.165, 1.54) is 0 Å². The first kappa shape index (κ1) is 17.8. The number of anilines is 1. The van der Waals surface area contributed by atoms with Gasteiger partial charge in [0.05, 0.1) is 5.54 Å². The first-order valence-electron chi connectivity index (χ1n) is 10.7. The fourth-order valence-corrected chi connectivity index (χ4v) is 5.31. The van der Waals surface area contributed by atoms with Crippen LogP contribution in [0.3, 0.4) is 0 Å². The van der Waals surface area contributed by atoms with E-state index in [4.69, 9.17) is 0 Å². The van der Waals surface area contributed by atoms with Crippen LogP contribution in [-0.4, -0.2) is 59.9 Å². The van der Waals surface area contributed by atoms with E-state index in [1.807, 2.05) is 23.1 Å². The molecule has 5 nitrogen and oxygen atoms in total. The van der Waals surface area contributed by atoms with Crippen LogP contribution >= 0.6 is 0 Å². The zero-order chi connectivity index (χ0) is 19.3. The molecule has 0 bridgehead atoms. The van der Waals surface area contributed by atoms with E-state index in [-0.39, 0.29) is 17.4 Å². The van der Waals surface area contributed by atoms with Crippen LogP contribution in [0.25, 0.3) is 0 Å². The Morgan fingerprint density at radius 3 is 2.64 bits per heavy atom. The van der Waals surface area contributed by atoms with Gasteiger partial charge in [-0.25, -0.2) is 0 Å². The molecule has 5 heteroatoms. The molecular formula is C23H29N3O2. The van der Waals surface area contributed by atoms with E-state index in [1.54, 1.807) is 0 Å². The van der Waals surface area contributed by atoms with Gasteiger partial charge in [-0.2, -0.15) is 0 Å². The van der Waals surface area contributed by atoms with Gasteiger partial charge in [-0.1, -0.05) is 25.1 Å². The molecule has 4 aliphatic rings. The normalized spacial score (nSPS) is 31.2. The highest BCUT2D eigenvalue weighted by atomic mass is 16.2. The molecule has 0 N–H and O–H groups in total. The van der Waals surface area contributed by atoms with Gasteiger partial charge in [0, 0.05) is 49.9 Å². The van der Waals surface area contributed by atoms with Crippen molar-refractivity contribution < 1.29 is 9.59 Å². The average Bonchev–Trinajstić information content (AvgIpc) is 3.16. The van der Waals surface area contributed by atoms with Crippen molar-refractivity contribution in [3.63, 3.8) is 0 Å². The maximum absolute atomic E-state index is 13.2. The third-order valence-corrected chi connectivity index (χ3v) is 7.19. The van der Waals surface area contributed by atoms with Crippen molar-refractivity contribution >= 4 is 17.5 Å². The number of hydrogen-bond donors (Lipinski definition) is 0. The van der Waals surface area contributed by atoms with E-state index < -0.39 is 0 Å². The molecular weight excluding hydrogens is 350 g/mol. The Balaban J connectivity index is 1.31. The molecule has 3 heterocycles. The Bertz CT molecular complexity index is 827. The standard InChI is InChI=1S/C23H29N3O2/c1-17-14-20(17)22(28)26-12-5-8-23(26)9-13-25(16-23)21(27)18-6-4-7-19(15-18)24-10-2-3-11-24/h2-4,6-7,15,17,20H,5,8-14,16H2,1H3/t17-,20-,23?/m1/s1. The summed E-state index contributed by atoms with van der Waals surface area (Å²) in [6, 6.07) is 7.99. The van der Waals surface area contributed by atoms with Crippen LogP contribution in [-0.2, 0) is 4.79 Å². The molecule has 2 saturated heterocycles. The number of rotatable bonds is 3. The van der Waals surface area contributed by atoms with Gasteiger partial charge in [0.2, 0.25) is 5.91 Å². The summed E-state index contributed by atoms with van der Waals surface area (Å²) in [6.45, 7) is 6.27. The molecule has 1 spiro atoms. The zero-order valence-corrected chi connectivity index (χ0v) is 16.6. The Morgan fingerprint density at radius 2 is 1.89 bits per heavy atom. The van der Waals surface area contributed by atoms with E-state index in [0.29, 0.717) is 18.4 Å². The summed E-state index contributed by atoms with van der Waals surface area (Å²) in [6.07, 6.45) is 8.36. The Labute approximate surface area is 167 Å². The van der Waals surface area contributed by atoms with Gasteiger partial charge in [0.25, 0.3) is 5.91 Å². The van der Waals surface area contributed by atoms with Gasteiger partial charge in [-0.05, 0) is 49.8 Å². The van der Waals surface area contributed by atoms with Crippen molar-refractivity contribution in [2.45, 2.75) is 38.1 Å². The van der Waals surface area contributed by atoms with Gasteiger partial charge in [0.15, 0.2) is 0 Å². The van der Waals surface area contributed by atoms with Gasteiger partial charge >= 0.3 is 0 Å². The number of hydrogen-bond acceptors (Lipinski definition) is 3. The minimum absolute atomic E-state index is 0.102. The van der Waals surface area contributed by atoms with Crippen LogP contribution in [0.4, 0.5) is 5.69 Å². The molecule has 1 aliphatic carbocycles. The third-order valence-electron chi connectivity index (χ3n) is 7.19. The highest BCUT2D eigenvalue weighted by Crippen LogP contribution is 2.45. The summed E-state index contributed by atoms with van der Waals surface area (Å²) >= 11 is 0. The molecule has 1 unspecified atom stereocenters. The summed E-state index contributed by atoms with van der Waals surface area (Å²) in [5.41, 5.74) is 1.74. The smallest absolute Gasteiger partial charge is 0.254 e. The predicted molar refractivity (Wildman–Crippen MR) is 109 cm³/mol. The Hall–Kier alpha value is -2.30. The lowest BCUT2D eigenvalue weighted by Crippen LogP contribution is -2.50. The first-order chi connectivity index (χ1) is 13.6. The van der Waals surface area contributed by atoms with Gasteiger partial charge in [0.1, 0.15) is 0 Å². The minimum Gasteiger partial charge on any atom is -0.364 e. The van der Waals surface area contributed by atoms with Crippen LogP contribution in [0.2, 0.25) is 0 Å². The molecule has 3 aliphatic heterocycles. The first-order valence-corrected chi connectivity index (χ1v) is 10.7. The van der Waals surface area contributed by atoms with Gasteiger partial charge in [-0.3, -0.25) is 9.59 Å². The van der Waals surface area contributed by atoms with E-state index in [0.717, 1.165) is 63.1 Å². The third kappa shape index (κ3) is 2.92. The molecule has 1 aromatic rings. The van der Waals surface area contributed by atoms with Gasteiger partial charge in [-0.15, -0.1) is 0 Å². The van der Waals surface area contributed by atoms with Crippen molar-refractivity contribution in [2.75, 3.05) is 37.6 Å². The number of benzene rings is 1. The molecule has 2 amide bonds. The maximum atomic E-state index is 13.2. The molecule has 0 aromatic heterocycles. The SMILES string of the molecule is C[C@@H]1C[C@H]1C(=O)N1CCCC12CCN(C(=O)c1cccc(N3CC=CC3)c1)C2. The highest BCUT2D eigenvalue weighted by Gasteiger charge is 2.53. The lowest BCUT2D eigenvalue weighted by Gasteiger charge is -2.35. The van der Waals surface area contributed by atoms with E-state index in [2.05, 4.69) is 34.9 Å². The second-order valence-corrected chi connectivity index (χ2v) is 9.04. The minimum atomic E-state index is -0.120. The quantitative estimate of drug-likeness (QED) is 0.759. The second-order valence-electron chi connectivity index (χ2n) is 9.04. The topological polar surface area (TPSA) is 43.9 Å². The number of amides is 2. The lowest BCUT2D eigenvalue weighted by molar-refractivity contribution is -0.136. The van der Waals surface area contributed by atoms with Gasteiger partial charge < -0.3 is 14.7 Å². The van der Waals surface area contributed by atoms with Crippen LogP contribution < -0.4 is 4.90 Å². The fourth-order valence-electron chi connectivity index (χ4n) is 5.31. The van der Waals surface area contributed by atoms with Crippen molar-refractivity contribution in [2.24, 2.45) is 11.8 Å². The largest absolute Gasteiger partial charge is 0.364 e. The fraction of sp³-hybridized carbons (Fsp3) is 0.565. The summed E-state index contributed by atoms with van der Waals surface area (Å²) in [7, 11) is 0. The molecule has 1 saturated carbocycles. The van der Waals surface area contributed by atoms with Crippen molar-refractivity contribution in [3.8, 4) is 0 Å². The lowest BCUT2D eigenvalue weighted by atomic mass is 9.94. The monoisotopic (exact) mass is 379 g/mol. The molecule has 1 aromatic carbocycles.